The third-order valence-electron chi connectivity index (χ3n) is 4.77. The summed E-state index contributed by atoms with van der Waals surface area (Å²) in [5.41, 5.74) is -1.43. The number of carboxylic acid groups (broad SMARTS) is 1. The summed E-state index contributed by atoms with van der Waals surface area (Å²) in [7, 11) is 0. The maximum absolute atomic E-state index is 13.5. The van der Waals surface area contributed by atoms with Gasteiger partial charge in [-0.2, -0.15) is 13.2 Å². The number of aliphatic hydroxyl groups is 1. The van der Waals surface area contributed by atoms with Crippen molar-refractivity contribution in [2.24, 2.45) is 0 Å². The van der Waals surface area contributed by atoms with Crippen LogP contribution in [0.15, 0.2) is 30.5 Å². The first-order valence-corrected chi connectivity index (χ1v) is 10.0. The van der Waals surface area contributed by atoms with Gasteiger partial charge in [-0.25, -0.2) is 9.97 Å². The van der Waals surface area contributed by atoms with E-state index >= 15 is 0 Å². The fourth-order valence-corrected chi connectivity index (χ4v) is 3.54. The van der Waals surface area contributed by atoms with Crippen LogP contribution in [0.1, 0.15) is 43.4 Å². The average Bonchev–Trinajstić information content (AvgIpc) is 2.69. The van der Waals surface area contributed by atoms with Crippen LogP contribution >= 0.6 is 11.6 Å². The zero-order valence-corrected chi connectivity index (χ0v) is 17.4. The SMILES string of the molecule is O=CO.OC1(CNCc2cnc(Nc3cccc(Cl)c3)nc2C(F)(F)F)CCCCC1. The summed E-state index contributed by atoms with van der Waals surface area (Å²) in [5, 5.41) is 23.5. The van der Waals surface area contributed by atoms with E-state index in [4.69, 9.17) is 21.5 Å². The highest BCUT2D eigenvalue weighted by Gasteiger charge is 2.36. The lowest BCUT2D eigenvalue weighted by Crippen LogP contribution is -2.42. The van der Waals surface area contributed by atoms with Gasteiger partial charge in [-0.05, 0) is 31.0 Å². The molecule has 0 radical (unpaired) electrons. The Hall–Kier alpha value is -2.43. The standard InChI is InChI=1S/C19H22ClF3N4O.CH2O2/c20-14-5-4-6-15(9-14)26-17-25-11-13(16(27-17)19(21,22)23)10-24-12-18(28)7-2-1-3-8-18;2-1-3/h4-6,9,11,24,28H,1-3,7-8,10,12H2,(H,25,26,27);1H,(H,2,3). The summed E-state index contributed by atoms with van der Waals surface area (Å²) in [6.45, 7) is -0.0819. The number of anilines is 2. The zero-order chi connectivity index (χ0) is 22.9. The van der Waals surface area contributed by atoms with Crippen LogP contribution in [-0.2, 0) is 17.5 Å². The molecule has 0 bridgehead atoms. The largest absolute Gasteiger partial charge is 0.483 e. The highest BCUT2D eigenvalue weighted by Crippen LogP contribution is 2.32. The number of alkyl halides is 3. The Morgan fingerprint density at radius 3 is 2.52 bits per heavy atom. The molecular weight excluding hydrogens is 437 g/mol. The molecule has 0 aliphatic heterocycles. The van der Waals surface area contributed by atoms with Crippen LogP contribution in [0.4, 0.5) is 24.8 Å². The second-order valence-electron chi connectivity index (χ2n) is 7.19. The van der Waals surface area contributed by atoms with Gasteiger partial charge in [-0.15, -0.1) is 0 Å². The molecule has 31 heavy (non-hydrogen) atoms. The number of hydrogen-bond donors (Lipinski definition) is 4. The quantitative estimate of drug-likeness (QED) is 0.474. The minimum absolute atomic E-state index is 0.0662. The molecule has 170 valence electrons. The Balaban J connectivity index is 0.00000107. The first kappa shape index (κ1) is 24.8. The fourth-order valence-electron chi connectivity index (χ4n) is 3.35. The lowest BCUT2D eigenvalue weighted by molar-refractivity contribution is -0.141. The maximum atomic E-state index is 13.5. The van der Waals surface area contributed by atoms with Crippen molar-refractivity contribution in [3.8, 4) is 0 Å². The third kappa shape index (κ3) is 7.97. The van der Waals surface area contributed by atoms with E-state index < -0.39 is 17.5 Å². The van der Waals surface area contributed by atoms with Crippen molar-refractivity contribution in [1.82, 2.24) is 15.3 Å². The van der Waals surface area contributed by atoms with Gasteiger partial charge in [0.25, 0.3) is 6.47 Å². The van der Waals surface area contributed by atoms with Gasteiger partial charge in [0.15, 0.2) is 5.69 Å². The minimum atomic E-state index is -4.62. The highest BCUT2D eigenvalue weighted by atomic mass is 35.5. The van der Waals surface area contributed by atoms with E-state index in [2.05, 4.69) is 20.6 Å². The Labute approximate surface area is 182 Å². The summed E-state index contributed by atoms with van der Waals surface area (Å²) in [6.07, 6.45) is 0.788. The summed E-state index contributed by atoms with van der Waals surface area (Å²) in [4.78, 5) is 16.0. The summed E-state index contributed by atoms with van der Waals surface area (Å²) >= 11 is 5.88. The Morgan fingerprint density at radius 2 is 1.90 bits per heavy atom. The lowest BCUT2D eigenvalue weighted by Gasteiger charge is -2.32. The van der Waals surface area contributed by atoms with Crippen LogP contribution in [0.2, 0.25) is 5.02 Å². The van der Waals surface area contributed by atoms with E-state index in [1.165, 1.54) is 0 Å². The van der Waals surface area contributed by atoms with Crippen LogP contribution in [0.25, 0.3) is 0 Å². The molecule has 1 aliphatic carbocycles. The molecule has 0 spiro atoms. The molecule has 1 aromatic heterocycles. The van der Waals surface area contributed by atoms with E-state index in [0.717, 1.165) is 25.5 Å². The molecule has 4 N–H and O–H groups in total. The number of rotatable bonds is 6. The van der Waals surface area contributed by atoms with E-state index in [0.29, 0.717) is 23.6 Å². The van der Waals surface area contributed by atoms with Gasteiger partial charge in [-0.3, -0.25) is 4.79 Å². The van der Waals surface area contributed by atoms with Gasteiger partial charge < -0.3 is 20.8 Å². The van der Waals surface area contributed by atoms with E-state index in [9.17, 15) is 18.3 Å². The summed E-state index contributed by atoms with van der Waals surface area (Å²) in [6, 6.07) is 6.55. The summed E-state index contributed by atoms with van der Waals surface area (Å²) < 4.78 is 40.4. The van der Waals surface area contributed by atoms with Gasteiger partial charge in [0.2, 0.25) is 5.95 Å². The maximum Gasteiger partial charge on any atom is 0.433 e. The number of halogens is 4. The minimum Gasteiger partial charge on any atom is -0.483 e. The van der Waals surface area contributed by atoms with Gasteiger partial charge in [-0.1, -0.05) is 36.9 Å². The number of benzene rings is 1. The molecule has 0 unspecified atom stereocenters. The van der Waals surface area contributed by atoms with Gasteiger partial charge in [0.1, 0.15) is 0 Å². The predicted molar refractivity (Wildman–Crippen MR) is 110 cm³/mol. The molecule has 1 saturated carbocycles. The van der Waals surface area contributed by atoms with Gasteiger partial charge in [0.05, 0.1) is 5.60 Å². The smallest absolute Gasteiger partial charge is 0.433 e. The Bertz CT molecular complexity index is 862. The van der Waals surface area contributed by atoms with Crippen LogP contribution in [0.3, 0.4) is 0 Å². The van der Waals surface area contributed by atoms with Crippen LogP contribution in [-0.4, -0.2) is 38.8 Å². The molecule has 1 fully saturated rings. The molecule has 3 rings (SSSR count). The average molecular weight is 461 g/mol. The fraction of sp³-hybridized carbons (Fsp3) is 0.450. The van der Waals surface area contributed by atoms with Crippen LogP contribution in [0.5, 0.6) is 0 Å². The van der Waals surface area contributed by atoms with Crippen molar-refractivity contribution in [2.45, 2.75) is 50.4 Å². The second kappa shape index (κ2) is 11.3. The molecule has 1 aromatic carbocycles. The molecule has 0 amide bonds. The Morgan fingerprint density at radius 1 is 1.23 bits per heavy atom. The lowest BCUT2D eigenvalue weighted by atomic mass is 9.85. The van der Waals surface area contributed by atoms with E-state index in [1.54, 1.807) is 24.3 Å². The second-order valence-corrected chi connectivity index (χ2v) is 7.63. The molecule has 11 heteroatoms. The molecule has 1 aliphatic rings. The molecule has 7 nitrogen and oxygen atoms in total. The number of carbonyl (C=O) groups is 1. The first-order chi connectivity index (χ1) is 14.7. The van der Waals surface area contributed by atoms with Crippen molar-refractivity contribution < 1.29 is 28.2 Å². The molecule has 2 aromatic rings. The van der Waals surface area contributed by atoms with Crippen molar-refractivity contribution in [3.63, 3.8) is 0 Å². The molecule has 1 heterocycles. The van der Waals surface area contributed by atoms with Crippen LogP contribution in [0, 0.1) is 0 Å². The van der Waals surface area contributed by atoms with Gasteiger partial charge >= 0.3 is 6.18 Å². The van der Waals surface area contributed by atoms with E-state index in [-0.39, 0.29) is 31.1 Å². The van der Waals surface area contributed by atoms with Crippen molar-refractivity contribution in [2.75, 3.05) is 11.9 Å². The topological polar surface area (TPSA) is 107 Å². The summed E-state index contributed by atoms with van der Waals surface area (Å²) in [5.74, 6) is -0.163. The van der Waals surface area contributed by atoms with Crippen LogP contribution < -0.4 is 10.6 Å². The van der Waals surface area contributed by atoms with Crippen molar-refractivity contribution in [1.29, 1.82) is 0 Å². The van der Waals surface area contributed by atoms with Crippen molar-refractivity contribution in [3.05, 3.63) is 46.7 Å². The number of aromatic nitrogens is 2. The highest BCUT2D eigenvalue weighted by molar-refractivity contribution is 6.30. The number of nitrogens with one attached hydrogen (secondary N) is 2. The molecule has 0 atom stereocenters. The third-order valence-corrected chi connectivity index (χ3v) is 5.00. The first-order valence-electron chi connectivity index (χ1n) is 9.63. The predicted octanol–water partition coefficient (Wildman–Crippen LogP) is 4.38. The van der Waals surface area contributed by atoms with E-state index in [1.807, 2.05) is 0 Å². The normalized spacial score (nSPS) is 15.5. The molecule has 0 saturated heterocycles. The molecular formula is C20H24ClF3N4O3. The Kier molecular flexibility index (Phi) is 9.02. The van der Waals surface area contributed by atoms with Crippen molar-refractivity contribution >= 4 is 29.7 Å². The monoisotopic (exact) mass is 460 g/mol. The zero-order valence-electron chi connectivity index (χ0n) is 16.6. The number of hydrogen-bond acceptors (Lipinski definition) is 6. The number of nitrogens with zero attached hydrogens (tertiary/aromatic N) is 2. The van der Waals surface area contributed by atoms with Gasteiger partial charge in [0, 0.05) is 35.6 Å².